The number of rotatable bonds is 10. The van der Waals surface area contributed by atoms with Gasteiger partial charge in [-0.3, -0.25) is 39.3 Å². The highest BCUT2D eigenvalue weighted by molar-refractivity contribution is 7.13. The minimum Gasteiger partial charge on any atom is -0.389 e. The number of piperidine rings is 1. The average Bonchev–Trinajstić information content (AvgIpc) is 4.15. The molecule has 4 saturated heterocycles. The fraction of sp³-hybridized carbons (Fsp3) is 0.396. The Bertz CT molecular complexity index is 3180. The Morgan fingerprint density at radius 3 is 2.54 bits per heavy atom. The van der Waals surface area contributed by atoms with E-state index in [2.05, 4.69) is 51.6 Å². The Kier molecular flexibility index (Phi) is 10.9. The predicted octanol–water partition coefficient (Wildman–Crippen LogP) is 2.98. The number of aromatic nitrogens is 7. The van der Waals surface area contributed by atoms with Crippen LogP contribution in [0.3, 0.4) is 0 Å². The van der Waals surface area contributed by atoms with Crippen molar-refractivity contribution < 1.29 is 28.7 Å². The van der Waals surface area contributed by atoms with Gasteiger partial charge in [0.25, 0.3) is 5.91 Å². The summed E-state index contributed by atoms with van der Waals surface area (Å²) in [7, 11) is 1.73. The molecule has 0 radical (unpaired) electrons. The molecule has 19 nitrogen and oxygen atoms in total. The number of fused-ring (bicyclic) bond motifs is 2. The lowest BCUT2D eigenvalue weighted by atomic mass is 9.72. The summed E-state index contributed by atoms with van der Waals surface area (Å²) in [5.41, 5.74) is 3.44. The zero-order chi connectivity index (χ0) is 47.8. The van der Waals surface area contributed by atoms with Gasteiger partial charge in [-0.25, -0.2) is 24.1 Å². The Labute approximate surface area is 399 Å². The van der Waals surface area contributed by atoms with Crippen LogP contribution in [0.25, 0.3) is 34.8 Å². The summed E-state index contributed by atoms with van der Waals surface area (Å²) in [6.07, 6.45) is 9.40. The van der Waals surface area contributed by atoms with Gasteiger partial charge in [0.05, 0.1) is 45.5 Å². The zero-order valence-corrected chi connectivity index (χ0v) is 39.1. The van der Waals surface area contributed by atoms with Crippen molar-refractivity contribution in [2.45, 2.75) is 63.6 Å². The van der Waals surface area contributed by atoms with Gasteiger partial charge in [0.2, 0.25) is 11.8 Å². The van der Waals surface area contributed by atoms with Crippen LogP contribution in [0.15, 0.2) is 65.5 Å². The van der Waals surface area contributed by atoms with E-state index in [0.717, 1.165) is 55.3 Å². The molecule has 69 heavy (non-hydrogen) atoms. The second-order valence-electron chi connectivity index (χ2n) is 19.0. The summed E-state index contributed by atoms with van der Waals surface area (Å²) in [5.74, 6) is -0.0633. The molecule has 0 aliphatic carbocycles. The molecule has 1 spiro atoms. The normalized spacial score (nSPS) is 19.5. The number of nitrogens with zero attached hydrogens (tertiary/aromatic N) is 12. The third-order valence-corrected chi connectivity index (χ3v) is 15.0. The Morgan fingerprint density at radius 1 is 1.01 bits per heavy atom. The van der Waals surface area contributed by atoms with Crippen LogP contribution >= 0.6 is 11.3 Å². The number of nitrogens with one attached hydrogen (secondary N) is 2. The van der Waals surface area contributed by atoms with Crippen LogP contribution in [-0.2, 0) is 34.4 Å². The highest BCUT2D eigenvalue weighted by atomic mass is 32.1. The van der Waals surface area contributed by atoms with E-state index < -0.39 is 23.5 Å². The number of thiazole rings is 1. The Morgan fingerprint density at radius 2 is 1.80 bits per heavy atom. The van der Waals surface area contributed by atoms with Gasteiger partial charge in [-0.1, -0.05) is 18.7 Å². The molecule has 2 aromatic carbocycles. The lowest BCUT2D eigenvalue weighted by Crippen LogP contribution is -2.73. The first-order valence-corrected chi connectivity index (χ1v) is 24.0. The Hall–Kier alpha value is -7.26. The van der Waals surface area contributed by atoms with E-state index in [1.807, 2.05) is 42.2 Å². The summed E-state index contributed by atoms with van der Waals surface area (Å²) in [6.45, 7) is 11.0. The van der Waals surface area contributed by atoms with Crippen LogP contribution in [0, 0.1) is 11.2 Å². The second kappa shape index (κ2) is 17.1. The number of benzene rings is 2. The maximum absolute atomic E-state index is 15.9. The van der Waals surface area contributed by atoms with Crippen LogP contribution < -0.4 is 31.0 Å². The first kappa shape index (κ1) is 44.3. The van der Waals surface area contributed by atoms with Gasteiger partial charge in [-0.05, 0) is 68.0 Å². The molecule has 5 aliphatic rings. The van der Waals surface area contributed by atoms with E-state index in [-0.39, 0.29) is 42.5 Å². The molecule has 4 aromatic heterocycles. The molecule has 9 heterocycles. The molecule has 1 unspecified atom stereocenters. The molecule has 0 bridgehead atoms. The number of hydrogen-bond acceptors (Lipinski definition) is 12. The molecule has 3 N–H and O–H groups in total. The van der Waals surface area contributed by atoms with Crippen molar-refractivity contribution >= 4 is 81.2 Å². The number of carbonyl (C=O) groups excluding carboxylic acids is 4. The van der Waals surface area contributed by atoms with Crippen LogP contribution in [0.2, 0.25) is 0 Å². The number of imide groups is 1. The average molecular weight is 955 g/mol. The summed E-state index contributed by atoms with van der Waals surface area (Å²) in [6, 6.07) is 9.90. The number of aryl methyl sites for hydroxylation is 2. The monoisotopic (exact) mass is 954 g/mol. The van der Waals surface area contributed by atoms with E-state index in [4.69, 9.17) is 5.10 Å². The number of urea groups is 1. The third kappa shape index (κ3) is 8.21. The summed E-state index contributed by atoms with van der Waals surface area (Å²) in [4.78, 5) is 72.7. The quantitative estimate of drug-likeness (QED) is 0.135. The maximum atomic E-state index is 15.9. The molecular formula is C48H51FN14O5S. The summed E-state index contributed by atoms with van der Waals surface area (Å²) >= 11 is 1.31. The SMILES string of the molecule is C=c1/c(=C\N=C(/C)N2CCC(O)(CC(=O)N3CC4(C3)CN(c3ccc(-c5cc(F)c6cn(C(C(=O)Nc7nccs7)c7ncn8c7CCC8)nc6c5)cc3)C4)CC2)c(N2CCC(=O)NC2=O)nn1C. The van der Waals surface area contributed by atoms with Crippen molar-refractivity contribution in [1.29, 1.82) is 0 Å². The van der Waals surface area contributed by atoms with Crippen molar-refractivity contribution in [3.05, 3.63) is 88.3 Å². The van der Waals surface area contributed by atoms with E-state index in [1.165, 1.54) is 27.0 Å². The van der Waals surface area contributed by atoms with E-state index in [9.17, 15) is 24.3 Å². The van der Waals surface area contributed by atoms with Gasteiger partial charge < -0.3 is 24.4 Å². The number of halogens is 1. The van der Waals surface area contributed by atoms with Crippen LogP contribution in [0.4, 0.5) is 25.8 Å². The molecule has 11 rings (SSSR count). The lowest BCUT2D eigenvalue weighted by molar-refractivity contribution is -0.151. The first-order valence-electron chi connectivity index (χ1n) is 23.1. The van der Waals surface area contributed by atoms with Gasteiger partial charge in [0.1, 0.15) is 11.7 Å². The van der Waals surface area contributed by atoms with Crippen molar-refractivity contribution in [3.8, 4) is 11.1 Å². The number of carbonyl (C=O) groups is 4. The van der Waals surface area contributed by atoms with Gasteiger partial charge >= 0.3 is 6.03 Å². The number of likely N-dealkylation sites (tertiary alicyclic amines) is 2. The molecule has 21 heteroatoms. The molecule has 5 aliphatic heterocycles. The standard InChI is InChI=1S/C48H51FN14O5S/c1-29-34(43(56-57(29)3)62-15-10-39(64)53-46(62)67)22-51-30(2)58-16-11-48(68,12-17-58)21-40(65)61-26-47(27-61)24-60(25-47)33-8-6-31(7-9-33)32-19-36(49)35-23-63(55-37(35)20-32)42(44(66)54-45-50-13-18-69-45)41-38-5-4-14-59(38)28-52-41/h6-9,13,18-20,22-23,28,42,68H,1,4-5,10-12,14-17,21,24-27H2,2-3H3,(H,50,54,66)(H,53,64,67)/b34-22+,51-30+. The fourth-order valence-electron chi connectivity index (χ4n) is 10.4. The number of hydrogen-bond donors (Lipinski definition) is 3. The number of aliphatic hydroxyl groups is 1. The molecule has 6 aromatic rings. The van der Waals surface area contributed by atoms with E-state index in [0.29, 0.717) is 82.7 Å². The van der Waals surface area contributed by atoms with Crippen molar-refractivity contribution in [2.75, 3.05) is 60.9 Å². The molecular weight excluding hydrogens is 904 g/mol. The molecule has 4 fully saturated rings. The lowest BCUT2D eigenvalue weighted by Gasteiger charge is -2.61. The van der Waals surface area contributed by atoms with Gasteiger partial charge in [-0.2, -0.15) is 10.2 Å². The number of amides is 5. The van der Waals surface area contributed by atoms with Crippen LogP contribution in [0.5, 0.6) is 0 Å². The van der Waals surface area contributed by atoms with Crippen molar-refractivity contribution in [1.82, 2.24) is 49.2 Å². The first-order chi connectivity index (χ1) is 33.2. The van der Waals surface area contributed by atoms with E-state index in [1.54, 1.807) is 42.0 Å². The van der Waals surface area contributed by atoms with Crippen LogP contribution in [0.1, 0.15) is 56.5 Å². The molecule has 0 saturated carbocycles. The van der Waals surface area contributed by atoms with Gasteiger partial charge in [0, 0.05) is 107 Å². The predicted molar refractivity (Wildman–Crippen MR) is 257 cm³/mol. The third-order valence-electron chi connectivity index (χ3n) is 14.4. The number of amidine groups is 1. The van der Waals surface area contributed by atoms with Gasteiger partial charge in [-0.15, -0.1) is 11.3 Å². The van der Waals surface area contributed by atoms with Crippen LogP contribution in [-0.4, -0.2) is 130 Å². The minimum absolute atomic E-state index is 0.0142. The molecule has 5 amide bonds. The highest BCUT2D eigenvalue weighted by Gasteiger charge is 2.54. The number of aliphatic imine (C=N–C) groups is 1. The molecule has 356 valence electrons. The van der Waals surface area contributed by atoms with Gasteiger partial charge in [0.15, 0.2) is 17.0 Å². The van der Waals surface area contributed by atoms with E-state index >= 15 is 4.39 Å². The molecule has 1 atom stereocenters. The summed E-state index contributed by atoms with van der Waals surface area (Å²) in [5, 5.41) is 29.7. The topological polar surface area (TPSA) is 204 Å². The zero-order valence-electron chi connectivity index (χ0n) is 38.3. The van der Waals surface area contributed by atoms with Crippen molar-refractivity contribution in [2.24, 2.45) is 17.5 Å². The highest BCUT2D eigenvalue weighted by Crippen LogP contribution is 2.43. The summed E-state index contributed by atoms with van der Waals surface area (Å²) < 4.78 is 21.0. The smallest absolute Gasteiger partial charge is 0.329 e. The number of imidazole rings is 1. The maximum Gasteiger partial charge on any atom is 0.329 e. The fourth-order valence-corrected chi connectivity index (χ4v) is 11.0. The number of anilines is 3. The second-order valence-corrected chi connectivity index (χ2v) is 19.9. The minimum atomic E-state index is -1.11. The largest absolute Gasteiger partial charge is 0.389 e. The Balaban J connectivity index is 0.686. The van der Waals surface area contributed by atoms with Crippen molar-refractivity contribution in [3.63, 3.8) is 0 Å².